The molecular formula is C28H35NO6S. The van der Waals surface area contributed by atoms with Crippen LogP contribution in [0.25, 0.3) is 6.08 Å². The second kappa shape index (κ2) is 15.6. The highest BCUT2D eigenvalue weighted by molar-refractivity contribution is 7.92. The minimum Gasteiger partial charge on any atom is -0.493 e. The van der Waals surface area contributed by atoms with Gasteiger partial charge in [0.2, 0.25) is 10.0 Å². The number of allylic oxidation sites excluding steroid dienone is 3. The van der Waals surface area contributed by atoms with Gasteiger partial charge >= 0.3 is 5.97 Å². The number of aliphatic hydroxyl groups is 1. The van der Waals surface area contributed by atoms with Crippen LogP contribution >= 0.6 is 0 Å². The lowest BCUT2D eigenvalue weighted by atomic mass is 10.1. The van der Waals surface area contributed by atoms with Gasteiger partial charge in [-0.2, -0.15) is 0 Å². The van der Waals surface area contributed by atoms with Crippen molar-refractivity contribution in [1.82, 2.24) is 0 Å². The summed E-state index contributed by atoms with van der Waals surface area (Å²) in [5, 5.41) is 19.1. The third kappa shape index (κ3) is 11.9. The predicted octanol–water partition coefficient (Wildman–Crippen LogP) is 5.20. The molecule has 0 bridgehead atoms. The van der Waals surface area contributed by atoms with E-state index in [9.17, 15) is 18.3 Å². The van der Waals surface area contributed by atoms with E-state index in [1.54, 1.807) is 54.6 Å². The van der Waals surface area contributed by atoms with Crippen LogP contribution in [0.4, 0.5) is 5.69 Å². The fourth-order valence-corrected chi connectivity index (χ4v) is 4.13. The summed E-state index contributed by atoms with van der Waals surface area (Å²) in [7, 11) is -3.48. The number of para-hydroxylation sites is 1. The number of anilines is 1. The molecule has 0 aliphatic rings. The number of hydrogen-bond acceptors (Lipinski definition) is 5. The molecule has 0 radical (unpaired) electrons. The smallest absolute Gasteiger partial charge is 0.303 e. The standard InChI is InChI=1S/C28H35NO6S/c1-2-3-4-5-6-9-22-36(33,34)29-25-16-12-23(13-17-25)14-18-26(30)20-21-35-27-11-8-7-10-24(27)15-19-28(31)32/h4-14,16-18,26,29-30H,2-3,15,19-22H2,1H3,(H,31,32)/b5-4-,9-6-,18-14+/t26-/m0/s1. The molecule has 0 aliphatic heterocycles. The van der Waals surface area contributed by atoms with E-state index in [1.807, 2.05) is 30.4 Å². The molecule has 7 nitrogen and oxygen atoms in total. The highest BCUT2D eigenvalue weighted by Crippen LogP contribution is 2.20. The van der Waals surface area contributed by atoms with Crippen LogP contribution in [-0.4, -0.2) is 43.1 Å². The van der Waals surface area contributed by atoms with Crippen molar-refractivity contribution in [2.24, 2.45) is 0 Å². The molecule has 2 rings (SSSR count). The van der Waals surface area contributed by atoms with Gasteiger partial charge in [-0.1, -0.05) is 80.1 Å². The van der Waals surface area contributed by atoms with Crippen LogP contribution in [0.2, 0.25) is 0 Å². The minimum atomic E-state index is -3.48. The molecule has 36 heavy (non-hydrogen) atoms. The first-order chi connectivity index (χ1) is 17.3. The lowest BCUT2D eigenvalue weighted by Crippen LogP contribution is -2.15. The van der Waals surface area contributed by atoms with Gasteiger partial charge < -0.3 is 14.9 Å². The molecule has 0 saturated heterocycles. The zero-order chi connectivity index (χ0) is 26.2. The zero-order valence-corrected chi connectivity index (χ0v) is 21.4. The van der Waals surface area contributed by atoms with Crippen molar-refractivity contribution in [2.45, 2.75) is 45.1 Å². The Bertz CT molecular complexity index is 1140. The average molecular weight is 514 g/mol. The zero-order valence-electron chi connectivity index (χ0n) is 20.5. The summed E-state index contributed by atoms with van der Waals surface area (Å²) in [5.74, 6) is -0.348. The highest BCUT2D eigenvalue weighted by atomic mass is 32.2. The number of rotatable bonds is 16. The Morgan fingerprint density at radius 3 is 2.53 bits per heavy atom. The first-order valence-electron chi connectivity index (χ1n) is 12.0. The van der Waals surface area contributed by atoms with Gasteiger partial charge in [-0.05, 0) is 42.2 Å². The first-order valence-corrected chi connectivity index (χ1v) is 13.7. The number of ether oxygens (including phenoxy) is 1. The molecule has 0 aliphatic carbocycles. The van der Waals surface area contributed by atoms with Crippen molar-refractivity contribution in [1.29, 1.82) is 0 Å². The highest BCUT2D eigenvalue weighted by Gasteiger charge is 2.08. The Kier molecular flexibility index (Phi) is 12.5. The van der Waals surface area contributed by atoms with Gasteiger partial charge in [0.15, 0.2) is 0 Å². The molecule has 0 heterocycles. The van der Waals surface area contributed by atoms with Crippen LogP contribution in [0.3, 0.4) is 0 Å². The third-order valence-electron chi connectivity index (χ3n) is 5.10. The van der Waals surface area contributed by atoms with Crippen molar-refractivity contribution in [3.8, 4) is 5.75 Å². The summed E-state index contributed by atoms with van der Waals surface area (Å²) in [6, 6.07) is 14.2. The SMILES string of the molecule is CCC/C=C\C=C/CS(=O)(=O)Nc1ccc(/C=C/[C@H](O)CCOc2ccccc2CCC(=O)O)cc1. The van der Waals surface area contributed by atoms with Crippen LogP contribution in [0.15, 0.2) is 78.9 Å². The monoisotopic (exact) mass is 513 g/mol. The number of unbranched alkanes of at least 4 members (excludes halogenated alkanes) is 1. The summed E-state index contributed by atoms with van der Waals surface area (Å²) in [6.45, 7) is 2.36. The van der Waals surface area contributed by atoms with Crippen LogP contribution in [0, 0.1) is 0 Å². The molecule has 0 aromatic heterocycles. The average Bonchev–Trinajstić information content (AvgIpc) is 2.85. The normalized spacial score (nSPS) is 12.9. The van der Waals surface area contributed by atoms with Crippen molar-refractivity contribution < 1.29 is 28.2 Å². The number of aryl methyl sites for hydroxylation is 1. The van der Waals surface area contributed by atoms with Gasteiger partial charge in [0, 0.05) is 18.5 Å². The van der Waals surface area contributed by atoms with Crippen molar-refractivity contribution in [3.05, 3.63) is 90.0 Å². The summed E-state index contributed by atoms with van der Waals surface area (Å²) in [4.78, 5) is 10.8. The predicted molar refractivity (Wildman–Crippen MR) is 145 cm³/mol. The van der Waals surface area contributed by atoms with E-state index < -0.39 is 22.1 Å². The van der Waals surface area contributed by atoms with Gasteiger partial charge in [-0.25, -0.2) is 8.42 Å². The lowest BCUT2D eigenvalue weighted by molar-refractivity contribution is -0.136. The number of aliphatic carboxylic acids is 1. The van der Waals surface area contributed by atoms with Crippen LogP contribution in [-0.2, 0) is 21.2 Å². The van der Waals surface area contributed by atoms with Crippen molar-refractivity contribution in [2.75, 3.05) is 17.1 Å². The van der Waals surface area contributed by atoms with E-state index in [0.29, 0.717) is 24.3 Å². The molecule has 1 atom stereocenters. The number of nitrogens with one attached hydrogen (secondary N) is 1. The van der Waals surface area contributed by atoms with E-state index in [-0.39, 0.29) is 18.8 Å². The number of hydrogen-bond donors (Lipinski definition) is 3. The van der Waals surface area contributed by atoms with E-state index >= 15 is 0 Å². The molecular weight excluding hydrogens is 478 g/mol. The molecule has 2 aromatic rings. The fourth-order valence-electron chi connectivity index (χ4n) is 3.19. The summed E-state index contributed by atoms with van der Waals surface area (Å²) in [5.41, 5.74) is 2.11. The maximum atomic E-state index is 12.2. The second-order valence-electron chi connectivity index (χ2n) is 8.22. The molecule has 8 heteroatoms. The Hall–Kier alpha value is -3.36. The Morgan fingerprint density at radius 1 is 1.08 bits per heavy atom. The molecule has 3 N–H and O–H groups in total. The largest absolute Gasteiger partial charge is 0.493 e. The van der Waals surface area contributed by atoms with Gasteiger partial charge in [0.1, 0.15) is 5.75 Å². The Balaban J connectivity index is 1.80. The second-order valence-corrected chi connectivity index (χ2v) is 9.98. The van der Waals surface area contributed by atoms with Gasteiger partial charge in [0.05, 0.1) is 18.5 Å². The molecule has 194 valence electrons. The number of carbonyl (C=O) groups is 1. The summed E-state index contributed by atoms with van der Waals surface area (Å²) in [6.07, 6.45) is 12.6. The third-order valence-corrected chi connectivity index (χ3v) is 6.28. The molecule has 0 amide bonds. The van der Waals surface area contributed by atoms with Gasteiger partial charge in [-0.15, -0.1) is 0 Å². The number of sulfonamides is 1. The minimum absolute atomic E-state index is 0.0275. The molecule has 2 aromatic carbocycles. The van der Waals surface area contributed by atoms with E-state index in [0.717, 1.165) is 24.0 Å². The Morgan fingerprint density at radius 2 is 1.81 bits per heavy atom. The number of aliphatic hydroxyl groups excluding tert-OH is 1. The van der Waals surface area contributed by atoms with E-state index in [1.165, 1.54) is 0 Å². The molecule has 0 fully saturated rings. The number of carboxylic acids is 1. The number of carboxylic acid groups (broad SMARTS) is 1. The molecule has 0 saturated carbocycles. The lowest BCUT2D eigenvalue weighted by Gasteiger charge is -2.12. The van der Waals surface area contributed by atoms with Crippen LogP contribution in [0.1, 0.15) is 43.7 Å². The van der Waals surface area contributed by atoms with Gasteiger partial charge in [0.25, 0.3) is 0 Å². The number of benzene rings is 2. The molecule has 0 unspecified atom stereocenters. The summed E-state index contributed by atoms with van der Waals surface area (Å²) < 4.78 is 32.7. The Labute approximate surface area is 213 Å². The maximum absolute atomic E-state index is 12.2. The first kappa shape index (κ1) is 28.9. The summed E-state index contributed by atoms with van der Waals surface area (Å²) >= 11 is 0. The van der Waals surface area contributed by atoms with Gasteiger partial charge in [-0.3, -0.25) is 9.52 Å². The van der Waals surface area contributed by atoms with Crippen molar-refractivity contribution >= 4 is 27.8 Å². The van der Waals surface area contributed by atoms with Crippen LogP contribution < -0.4 is 9.46 Å². The van der Waals surface area contributed by atoms with Crippen molar-refractivity contribution in [3.63, 3.8) is 0 Å². The molecule has 0 spiro atoms. The van der Waals surface area contributed by atoms with E-state index in [2.05, 4.69) is 11.6 Å². The fraction of sp³-hybridized carbons (Fsp3) is 0.321. The quantitative estimate of drug-likeness (QED) is 0.266. The van der Waals surface area contributed by atoms with E-state index in [4.69, 9.17) is 9.84 Å². The van der Waals surface area contributed by atoms with Crippen LogP contribution in [0.5, 0.6) is 5.75 Å². The topological polar surface area (TPSA) is 113 Å². The maximum Gasteiger partial charge on any atom is 0.303 e.